The van der Waals surface area contributed by atoms with E-state index in [-0.39, 0.29) is 29.7 Å². The summed E-state index contributed by atoms with van der Waals surface area (Å²) in [6.45, 7) is 3.02. The molecule has 5 aliphatic rings. The largest absolute Gasteiger partial charge is 0.329 e. The minimum absolute atomic E-state index is 0.111. The first-order chi connectivity index (χ1) is 13.0. The van der Waals surface area contributed by atoms with Gasteiger partial charge in [0, 0.05) is 43.7 Å². The van der Waals surface area contributed by atoms with Crippen LogP contribution in [0.2, 0.25) is 0 Å². The van der Waals surface area contributed by atoms with Gasteiger partial charge >= 0.3 is 0 Å². The maximum Gasteiger partial charge on any atom is 0.255 e. The fraction of sp³-hybridized carbons (Fsp3) is 0.550. The number of imide groups is 1. The van der Waals surface area contributed by atoms with Gasteiger partial charge in [-0.25, -0.2) is 0 Å². The number of hydrogen-bond donors (Lipinski definition) is 2. The zero-order valence-electron chi connectivity index (χ0n) is 15.2. The average molecular weight is 368 g/mol. The molecule has 1 saturated carbocycles. The number of rotatable bonds is 4. The Morgan fingerprint density at radius 2 is 2.04 bits per heavy atom. The Morgan fingerprint density at radius 3 is 2.78 bits per heavy atom. The summed E-state index contributed by atoms with van der Waals surface area (Å²) in [5.74, 6) is 0.0307. The molecule has 6 rings (SSSR count). The van der Waals surface area contributed by atoms with Crippen LogP contribution in [-0.4, -0.2) is 52.2 Å². The van der Waals surface area contributed by atoms with E-state index in [1.807, 2.05) is 12.1 Å². The summed E-state index contributed by atoms with van der Waals surface area (Å²) in [6.07, 6.45) is 3.05. The van der Waals surface area contributed by atoms with Gasteiger partial charge in [0.15, 0.2) is 0 Å². The first-order valence-corrected chi connectivity index (χ1v) is 9.71. The Bertz CT molecular complexity index is 846. The second-order valence-electron chi connectivity index (χ2n) is 8.47. The van der Waals surface area contributed by atoms with Crippen molar-refractivity contribution >= 4 is 17.7 Å². The molecule has 0 radical (unpaired) electrons. The van der Waals surface area contributed by atoms with Crippen LogP contribution >= 0.6 is 0 Å². The first-order valence-electron chi connectivity index (χ1n) is 9.71. The molecular formula is C20H24N4O3. The predicted octanol–water partition coefficient (Wildman–Crippen LogP) is 0.371. The SMILES string of the molecule is NCC12CC(CN1Cc1ccc3c(c1)C(=O)N(C1CCC(=O)NC1=O)C3)C2. The van der Waals surface area contributed by atoms with Gasteiger partial charge in [-0.3, -0.25) is 24.6 Å². The lowest BCUT2D eigenvalue weighted by Crippen LogP contribution is -2.52. The lowest BCUT2D eigenvalue weighted by Gasteiger charge is -2.41. The van der Waals surface area contributed by atoms with Crippen LogP contribution in [0.4, 0.5) is 0 Å². The quantitative estimate of drug-likeness (QED) is 0.749. The van der Waals surface area contributed by atoms with Crippen molar-refractivity contribution in [1.29, 1.82) is 0 Å². The van der Waals surface area contributed by atoms with Crippen LogP contribution in [0.3, 0.4) is 0 Å². The van der Waals surface area contributed by atoms with Gasteiger partial charge in [0.05, 0.1) is 0 Å². The third kappa shape index (κ3) is 2.52. The molecule has 1 aliphatic carbocycles. The molecule has 27 heavy (non-hydrogen) atoms. The first kappa shape index (κ1) is 16.9. The Morgan fingerprint density at radius 1 is 1.22 bits per heavy atom. The van der Waals surface area contributed by atoms with Gasteiger partial charge in [0.2, 0.25) is 11.8 Å². The Kier molecular flexibility index (Phi) is 3.67. The summed E-state index contributed by atoms with van der Waals surface area (Å²) in [6, 6.07) is 5.51. The molecule has 3 saturated heterocycles. The van der Waals surface area contributed by atoms with Crippen molar-refractivity contribution in [3.63, 3.8) is 0 Å². The van der Waals surface area contributed by atoms with Crippen molar-refractivity contribution in [3.8, 4) is 0 Å². The Balaban J connectivity index is 1.34. The fourth-order valence-electron chi connectivity index (χ4n) is 5.36. The number of nitrogens with one attached hydrogen (secondary N) is 1. The molecule has 7 nitrogen and oxygen atoms in total. The molecule has 3 N–H and O–H groups in total. The highest BCUT2D eigenvalue weighted by Gasteiger charge is 2.54. The van der Waals surface area contributed by atoms with E-state index < -0.39 is 6.04 Å². The summed E-state index contributed by atoms with van der Waals surface area (Å²) >= 11 is 0. The van der Waals surface area contributed by atoms with Crippen molar-refractivity contribution < 1.29 is 14.4 Å². The molecule has 0 aromatic heterocycles. The topological polar surface area (TPSA) is 95.7 Å². The third-order valence-corrected chi connectivity index (χ3v) is 6.83. The van der Waals surface area contributed by atoms with Crippen LogP contribution in [0.1, 0.15) is 47.2 Å². The zero-order valence-corrected chi connectivity index (χ0v) is 15.2. The molecule has 3 amide bonds. The van der Waals surface area contributed by atoms with Crippen molar-refractivity contribution in [1.82, 2.24) is 15.1 Å². The van der Waals surface area contributed by atoms with E-state index in [2.05, 4.69) is 16.3 Å². The number of nitrogens with two attached hydrogens (primary N) is 1. The molecule has 4 fully saturated rings. The van der Waals surface area contributed by atoms with Gasteiger partial charge in [-0.15, -0.1) is 0 Å². The van der Waals surface area contributed by atoms with Crippen molar-refractivity contribution in [2.45, 2.75) is 50.4 Å². The second kappa shape index (κ2) is 5.87. The van der Waals surface area contributed by atoms with Crippen LogP contribution in [-0.2, 0) is 22.7 Å². The van der Waals surface area contributed by atoms with E-state index >= 15 is 0 Å². The fourth-order valence-corrected chi connectivity index (χ4v) is 5.36. The average Bonchev–Trinajstić information content (AvgIpc) is 3.24. The Hall–Kier alpha value is -2.25. The standard InChI is InChI=1S/C20H24N4O3/c21-11-20-6-13(7-20)9-23(20)8-12-1-2-14-10-24(19(27)15(14)5-12)16-3-4-17(25)22-18(16)26/h1-2,5,13,16H,3-4,6-11,21H2,(H,22,25,26). The molecule has 1 aromatic carbocycles. The molecule has 7 heteroatoms. The van der Waals surface area contributed by atoms with E-state index in [1.165, 1.54) is 12.8 Å². The maximum absolute atomic E-state index is 12.9. The third-order valence-electron chi connectivity index (χ3n) is 6.83. The second-order valence-corrected chi connectivity index (χ2v) is 8.47. The normalized spacial score (nSPS) is 32.5. The van der Waals surface area contributed by atoms with E-state index in [4.69, 9.17) is 5.73 Å². The highest BCUT2D eigenvalue weighted by molar-refractivity contribution is 6.05. The van der Waals surface area contributed by atoms with Crippen LogP contribution in [0.15, 0.2) is 18.2 Å². The van der Waals surface area contributed by atoms with Crippen molar-refractivity contribution in [2.24, 2.45) is 11.7 Å². The molecular weight excluding hydrogens is 344 g/mol. The number of nitrogens with zero attached hydrogens (tertiary/aromatic N) is 2. The lowest BCUT2D eigenvalue weighted by atomic mass is 9.73. The van der Waals surface area contributed by atoms with Crippen molar-refractivity contribution in [3.05, 3.63) is 34.9 Å². The van der Waals surface area contributed by atoms with E-state index in [9.17, 15) is 14.4 Å². The maximum atomic E-state index is 12.9. The summed E-state index contributed by atoms with van der Waals surface area (Å²) in [5, 5.41) is 2.34. The summed E-state index contributed by atoms with van der Waals surface area (Å²) in [5.41, 5.74) is 8.94. The smallest absolute Gasteiger partial charge is 0.255 e. The number of fused-ring (bicyclic) bond motifs is 2. The van der Waals surface area contributed by atoms with Gasteiger partial charge in [-0.1, -0.05) is 12.1 Å². The number of piperidine rings is 1. The van der Waals surface area contributed by atoms with Crippen molar-refractivity contribution in [2.75, 3.05) is 13.1 Å². The number of carbonyl (C=O) groups is 3. The molecule has 0 spiro atoms. The molecule has 1 unspecified atom stereocenters. The van der Waals surface area contributed by atoms with E-state index in [0.29, 0.717) is 25.1 Å². The van der Waals surface area contributed by atoms with E-state index in [0.717, 1.165) is 30.1 Å². The molecule has 1 aromatic rings. The zero-order chi connectivity index (χ0) is 18.8. The minimum Gasteiger partial charge on any atom is -0.329 e. The summed E-state index contributed by atoms with van der Waals surface area (Å²) in [4.78, 5) is 40.5. The Labute approximate surface area is 157 Å². The van der Waals surface area contributed by atoms with Crippen LogP contribution in [0.5, 0.6) is 0 Å². The summed E-state index contributed by atoms with van der Waals surface area (Å²) in [7, 11) is 0. The molecule has 142 valence electrons. The van der Waals surface area contributed by atoms with Crippen LogP contribution < -0.4 is 11.1 Å². The van der Waals surface area contributed by atoms with Crippen LogP contribution in [0, 0.1) is 5.92 Å². The highest BCUT2D eigenvalue weighted by Crippen LogP contribution is 2.50. The van der Waals surface area contributed by atoms with E-state index in [1.54, 1.807) is 4.90 Å². The highest BCUT2D eigenvalue weighted by atomic mass is 16.2. The van der Waals surface area contributed by atoms with Gasteiger partial charge in [0.1, 0.15) is 6.04 Å². The lowest BCUT2D eigenvalue weighted by molar-refractivity contribution is -0.136. The minimum atomic E-state index is -0.558. The predicted molar refractivity (Wildman–Crippen MR) is 97.4 cm³/mol. The summed E-state index contributed by atoms with van der Waals surface area (Å²) < 4.78 is 0. The van der Waals surface area contributed by atoms with Gasteiger partial charge in [-0.2, -0.15) is 0 Å². The van der Waals surface area contributed by atoms with Crippen LogP contribution in [0.25, 0.3) is 0 Å². The number of benzene rings is 1. The van der Waals surface area contributed by atoms with Gasteiger partial charge < -0.3 is 10.6 Å². The molecule has 4 heterocycles. The molecule has 4 aliphatic heterocycles. The molecule has 2 bridgehead atoms. The number of carbonyl (C=O) groups excluding carboxylic acids is 3. The number of amides is 3. The van der Waals surface area contributed by atoms with Gasteiger partial charge in [-0.05, 0) is 42.4 Å². The molecule has 1 atom stereocenters. The monoisotopic (exact) mass is 368 g/mol. The van der Waals surface area contributed by atoms with Gasteiger partial charge in [0.25, 0.3) is 5.91 Å². The number of hydrogen-bond acceptors (Lipinski definition) is 5.